The maximum Gasteiger partial charge on any atom is 0.328 e. The maximum atomic E-state index is 14.9. The van der Waals surface area contributed by atoms with Gasteiger partial charge in [-0.25, -0.2) is 9.18 Å². The SMILES string of the molecule is Cn1c(=O)n2c3c4cc(ccc4ncc31)-c1cc(c(NC=O)cc1F)COCC2. The van der Waals surface area contributed by atoms with Crippen molar-refractivity contribution in [3.63, 3.8) is 0 Å². The third-order valence-corrected chi connectivity index (χ3v) is 5.40. The van der Waals surface area contributed by atoms with Gasteiger partial charge in [-0.1, -0.05) is 6.07 Å². The molecule has 0 aliphatic carbocycles. The van der Waals surface area contributed by atoms with Crippen LogP contribution in [0.2, 0.25) is 0 Å². The van der Waals surface area contributed by atoms with Crippen molar-refractivity contribution >= 4 is 34.0 Å². The van der Waals surface area contributed by atoms with Crippen LogP contribution in [0.4, 0.5) is 10.1 Å². The molecular formula is C21H17FN4O3. The van der Waals surface area contributed by atoms with Crippen molar-refractivity contribution in [2.45, 2.75) is 13.2 Å². The lowest BCUT2D eigenvalue weighted by atomic mass is 9.99. The largest absolute Gasteiger partial charge is 0.375 e. The number of ether oxygens (including phenoxy) is 1. The highest BCUT2D eigenvalue weighted by molar-refractivity contribution is 6.04. The maximum absolute atomic E-state index is 14.9. The second kappa shape index (κ2) is 6.52. The Morgan fingerprint density at radius 1 is 1.28 bits per heavy atom. The third-order valence-electron chi connectivity index (χ3n) is 5.40. The van der Waals surface area contributed by atoms with Crippen LogP contribution in [0.1, 0.15) is 5.56 Å². The Bertz CT molecular complexity index is 1360. The Morgan fingerprint density at radius 2 is 2.14 bits per heavy atom. The number of hydrogen-bond acceptors (Lipinski definition) is 4. The summed E-state index contributed by atoms with van der Waals surface area (Å²) in [6.45, 7) is 0.833. The first-order valence-corrected chi connectivity index (χ1v) is 9.17. The Morgan fingerprint density at radius 3 is 2.97 bits per heavy atom. The van der Waals surface area contributed by atoms with Gasteiger partial charge in [0, 0.05) is 29.2 Å². The second-order valence-corrected chi connectivity index (χ2v) is 7.02. The van der Waals surface area contributed by atoms with E-state index in [-0.39, 0.29) is 18.9 Å². The molecule has 2 aromatic carbocycles. The predicted octanol–water partition coefficient (Wildman–Crippen LogP) is 2.79. The number of fused-ring (bicyclic) bond motifs is 4. The second-order valence-electron chi connectivity index (χ2n) is 7.02. The van der Waals surface area contributed by atoms with Crippen LogP contribution >= 0.6 is 0 Å². The van der Waals surface area contributed by atoms with Crippen LogP contribution in [0, 0.1) is 5.82 Å². The smallest absolute Gasteiger partial charge is 0.328 e. The summed E-state index contributed by atoms with van der Waals surface area (Å²) in [5.41, 5.74) is 4.10. The molecule has 0 radical (unpaired) electrons. The van der Waals surface area contributed by atoms with E-state index in [1.807, 2.05) is 12.1 Å². The number of amides is 1. The highest BCUT2D eigenvalue weighted by Crippen LogP contribution is 2.33. The molecule has 1 aliphatic rings. The van der Waals surface area contributed by atoms with E-state index >= 15 is 0 Å². The van der Waals surface area contributed by atoms with E-state index in [0.717, 1.165) is 16.4 Å². The molecule has 0 saturated heterocycles. The molecule has 4 bridgehead atoms. The zero-order valence-electron chi connectivity index (χ0n) is 15.6. The lowest BCUT2D eigenvalue weighted by Crippen LogP contribution is -2.24. The Balaban J connectivity index is 1.86. The molecule has 2 aromatic heterocycles. The van der Waals surface area contributed by atoms with E-state index in [2.05, 4.69) is 10.3 Å². The quantitative estimate of drug-likeness (QED) is 0.532. The van der Waals surface area contributed by atoms with Crippen LogP contribution in [0.15, 0.2) is 41.3 Å². The monoisotopic (exact) mass is 392 g/mol. The van der Waals surface area contributed by atoms with Gasteiger partial charge in [-0.3, -0.25) is 18.9 Å². The minimum Gasteiger partial charge on any atom is -0.375 e. The Labute approximate surface area is 164 Å². The number of carbonyl (C=O) groups is 1. The Hall–Kier alpha value is -3.52. The van der Waals surface area contributed by atoms with Gasteiger partial charge in [-0.05, 0) is 29.8 Å². The molecule has 7 nitrogen and oxygen atoms in total. The van der Waals surface area contributed by atoms with Crippen LogP contribution in [0.25, 0.3) is 33.1 Å². The van der Waals surface area contributed by atoms with Gasteiger partial charge < -0.3 is 10.1 Å². The van der Waals surface area contributed by atoms with Crippen LogP contribution in [0.3, 0.4) is 0 Å². The van der Waals surface area contributed by atoms with Crippen LogP contribution in [-0.4, -0.2) is 27.1 Å². The standard InChI is InChI=1S/C21H17FN4O3/c1-25-19-9-23-17-3-2-12-6-15(17)20(19)26(21(25)28)4-5-29-10-13-7-14(12)16(22)8-18(13)24-11-27/h2-3,6-9,11H,4-5,10H2,1H3,(H,24,27). The van der Waals surface area contributed by atoms with Gasteiger partial charge in [0.15, 0.2) is 0 Å². The molecule has 1 N–H and O–H groups in total. The Kier molecular flexibility index (Phi) is 3.95. The number of nitrogens with one attached hydrogen (secondary N) is 1. The fourth-order valence-corrected chi connectivity index (χ4v) is 3.95. The molecule has 0 spiro atoms. The minimum absolute atomic E-state index is 0.159. The number of aryl methyl sites for hydroxylation is 1. The number of pyridine rings is 1. The summed E-state index contributed by atoms with van der Waals surface area (Å²) in [6, 6.07) is 8.47. The molecule has 1 aliphatic heterocycles. The van der Waals surface area contributed by atoms with Crippen molar-refractivity contribution in [1.29, 1.82) is 0 Å². The average Bonchev–Trinajstić information content (AvgIpc) is 2.96. The summed E-state index contributed by atoms with van der Waals surface area (Å²) < 4.78 is 23.9. The molecule has 0 saturated carbocycles. The van der Waals surface area contributed by atoms with Gasteiger partial charge in [-0.15, -0.1) is 0 Å². The summed E-state index contributed by atoms with van der Waals surface area (Å²) in [6.07, 6.45) is 2.19. The van der Waals surface area contributed by atoms with E-state index in [9.17, 15) is 14.0 Å². The van der Waals surface area contributed by atoms with E-state index in [1.165, 1.54) is 6.07 Å². The fourth-order valence-electron chi connectivity index (χ4n) is 3.95. The van der Waals surface area contributed by atoms with Crippen molar-refractivity contribution < 1.29 is 13.9 Å². The van der Waals surface area contributed by atoms with Crippen LogP contribution < -0.4 is 11.0 Å². The number of benzene rings is 2. The number of anilines is 1. The third kappa shape index (κ3) is 2.64. The van der Waals surface area contributed by atoms with Crippen LogP contribution in [-0.2, 0) is 29.7 Å². The van der Waals surface area contributed by atoms with Crippen molar-refractivity contribution in [2.75, 3.05) is 11.9 Å². The van der Waals surface area contributed by atoms with Crippen LogP contribution in [0.5, 0.6) is 0 Å². The minimum atomic E-state index is -0.458. The van der Waals surface area contributed by atoms with Crippen molar-refractivity contribution in [3.05, 3.63) is 58.4 Å². The lowest BCUT2D eigenvalue weighted by Gasteiger charge is -2.15. The average molecular weight is 392 g/mol. The summed E-state index contributed by atoms with van der Waals surface area (Å²) in [4.78, 5) is 28.2. The predicted molar refractivity (Wildman–Crippen MR) is 107 cm³/mol. The summed E-state index contributed by atoms with van der Waals surface area (Å²) in [5, 5.41) is 3.30. The molecule has 0 atom stereocenters. The molecule has 4 aromatic rings. The molecule has 0 fully saturated rings. The number of imidazole rings is 1. The summed E-state index contributed by atoms with van der Waals surface area (Å²) in [7, 11) is 1.71. The van der Waals surface area contributed by atoms with Crippen molar-refractivity contribution in [1.82, 2.24) is 14.1 Å². The lowest BCUT2D eigenvalue weighted by molar-refractivity contribution is -0.105. The molecular weight excluding hydrogens is 375 g/mol. The highest BCUT2D eigenvalue weighted by atomic mass is 19.1. The summed E-state index contributed by atoms with van der Waals surface area (Å²) in [5.74, 6) is -0.458. The molecule has 3 heterocycles. The van der Waals surface area contributed by atoms with Gasteiger partial charge in [0.2, 0.25) is 6.41 Å². The van der Waals surface area contributed by atoms with Gasteiger partial charge >= 0.3 is 5.69 Å². The number of rotatable bonds is 2. The van der Waals surface area contributed by atoms with Gasteiger partial charge in [0.25, 0.3) is 0 Å². The number of aromatic nitrogens is 3. The highest BCUT2D eigenvalue weighted by Gasteiger charge is 2.18. The molecule has 1 amide bonds. The zero-order valence-corrected chi connectivity index (χ0v) is 15.6. The first kappa shape index (κ1) is 17.6. The van der Waals surface area contributed by atoms with Gasteiger partial charge in [-0.2, -0.15) is 0 Å². The van der Waals surface area contributed by atoms with Crippen molar-refractivity contribution in [3.8, 4) is 11.1 Å². The van der Waals surface area contributed by atoms with E-state index in [4.69, 9.17) is 4.74 Å². The number of carbonyl (C=O) groups excluding carboxylic acids is 1. The number of halogens is 1. The fraction of sp³-hybridized carbons (Fsp3) is 0.190. The van der Waals surface area contributed by atoms with E-state index in [1.54, 1.807) is 34.5 Å². The normalized spacial score (nSPS) is 13.6. The first-order valence-electron chi connectivity index (χ1n) is 9.17. The molecule has 8 heteroatoms. The number of hydrogen-bond donors (Lipinski definition) is 1. The van der Waals surface area contributed by atoms with Gasteiger partial charge in [0.1, 0.15) is 5.82 Å². The first-order chi connectivity index (χ1) is 14.1. The molecule has 0 unspecified atom stereocenters. The molecule has 5 rings (SSSR count). The van der Waals surface area contributed by atoms with E-state index < -0.39 is 5.82 Å². The summed E-state index contributed by atoms with van der Waals surface area (Å²) >= 11 is 0. The van der Waals surface area contributed by atoms with Crippen molar-refractivity contribution in [2.24, 2.45) is 7.05 Å². The van der Waals surface area contributed by atoms with E-state index in [0.29, 0.717) is 40.8 Å². The number of nitrogens with zero attached hydrogens (tertiary/aromatic N) is 3. The zero-order chi connectivity index (χ0) is 20.1. The molecule has 146 valence electrons. The topological polar surface area (TPSA) is 78.2 Å². The molecule has 29 heavy (non-hydrogen) atoms. The van der Waals surface area contributed by atoms with Gasteiger partial charge in [0.05, 0.1) is 42.5 Å².